The predicted octanol–water partition coefficient (Wildman–Crippen LogP) is 6.44. The van der Waals surface area contributed by atoms with Crippen LogP contribution in [0.2, 0.25) is 5.02 Å². The number of likely N-dealkylation sites (N-methyl/N-ethyl adjacent to an activating group) is 1. The molecule has 1 saturated carbocycles. The first-order valence-corrected chi connectivity index (χ1v) is 13.7. The molecule has 0 unspecified atom stereocenters. The van der Waals surface area contributed by atoms with E-state index in [1.165, 1.54) is 23.1 Å². The molecule has 0 spiro atoms. The maximum atomic E-state index is 13.7. The number of carbonyl (C=O) groups excluding carboxylic acids is 3. The molecule has 0 saturated heterocycles. The Bertz CT molecular complexity index is 1140. The van der Waals surface area contributed by atoms with Gasteiger partial charge in [-0.2, -0.15) is 0 Å². The van der Waals surface area contributed by atoms with Gasteiger partial charge in [0.25, 0.3) is 11.8 Å². The number of unbranched alkanes of at least 4 members (excludes halogenated alkanes) is 1. The number of benzene rings is 2. The highest BCUT2D eigenvalue weighted by Crippen LogP contribution is 2.40. The van der Waals surface area contributed by atoms with Crippen LogP contribution in [0, 0.1) is 0 Å². The third-order valence-electron chi connectivity index (χ3n) is 6.62. The summed E-state index contributed by atoms with van der Waals surface area (Å²) < 4.78 is 5.27. The third kappa shape index (κ3) is 5.79. The Morgan fingerprint density at radius 2 is 1.69 bits per heavy atom. The van der Waals surface area contributed by atoms with Gasteiger partial charge < -0.3 is 9.64 Å². The van der Waals surface area contributed by atoms with E-state index in [0.29, 0.717) is 33.5 Å². The maximum absolute atomic E-state index is 13.7. The second-order valence-electron chi connectivity index (χ2n) is 9.12. The molecule has 36 heavy (non-hydrogen) atoms. The average Bonchev–Trinajstić information content (AvgIpc) is 3.14. The first-order chi connectivity index (χ1) is 17.4. The number of thioether (sulfide) groups is 1. The van der Waals surface area contributed by atoms with E-state index in [4.69, 9.17) is 16.3 Å². The summed E-state index contributed by atoms with van der Waals surface area (Å²) in [4.78, 5) is 44.1. The van der Waals surface area contributed by atoms with Crippen molar-refractivity contribution >= 4 is 46.8 Å². The molecular formula is C28H31ClN2O4S. The summed E-state index contributed by atoms with van der Waals surface area (Å²) >= 11 is 7.33. The molecule has 1 heterocycles. The number of esters is 1. The number of anilines is 1. The molecule has 190 valence electrons. The fourth-order valence-corrected chi connectivity index (χ4v) is 5.69. The van der Waals surface area contributed by atoms with E-state index in [1.54, 1.807) is 36.4 Å². The highest BCUT2D eigenvalue weighted by molar-refractivity contribution is 8.04. The van der Waals surface area contributed by atoms with Crippen LogP contribution in [0.1, 0.15) is 62.2 Å². The molecule has 1 aliphatic heterocycles. The van der Waals surface area contributed by atoms with Gasteiger partial charge in [-0.05, 0) is 67.8 Å². The Labute approximate surface area is 221 Å². The molecule has 2 aromatic carbocycles. The van der Waals surface area contributed by atoms with Crippen molar-refractivity contribution in [2.24, 2.45) is 0 Å². The molecule has 0 radical (unpaired) electrons. The number of hydrogen-bond donors (Lipinski definition) is 0. The van der Waals surface area contributed by atoms with Gasteiger partial charge in [0, 0.05) is 23.0 Å². The van der Waals surface area contributed by atoms with Crippen molar-refractivity contribution in [3.05, 3.63) is 69.7 Å². The van der Waals surface area contributed by atoms with E-state index < -0.39 is 5.97 Å². The van der Waals surface area contributed by atoms with Crippen LogP contribution in [0.15, 0.2) is 64.0 Å². The van der Waals surface area contributed by atoms with E-state index in [9.17, 15) is 14.4 Å². The Kier molecular flexibility index (Phi) is 8.75. The van der Waals surface area contributed by atoms with Gasteiger partial charge in [0.15, 0.2) is 0 Å². The van der Waals surface area contributed by atoms with E-state index in [2.05, 4.69) is 0 Å². The lowest BCUT2D eigenvalue weighted by molar-refractivity contribution is -0.121. The summed E-state index contributed by atoms with van der Waals surface area (Å²) in [5.41, 5.74) is 1.24. The second-order valence-corrected chi connectivity index (χ2v) is 10.6. The predicted molar refractivity (Wildman–Crippen MR) is 143 cm³/mol. The van der Waals surface area contributed by atoms with Crippen LogP contribution < -0.4 is 4.90 Å². The molecule has 0 aromatic heterocycles. The van der Waals surface area contributed by atoms with Gasteiger partial charge in [0.05, 0.1) is 17.9 Å². The van der Waals surface area contributed by atoms with Crippen LogP contribution in [0.4, 0.5) is 5.69 Å². The molecule has 8 heteroatoms. The lowest BCUT2D eigenvalue weighted by Gasteiger charge is -2.33. The number of carbonyl (C=O) groups is 3. The number of ether oxygens (including phenoxy) is 1. The van der Waals surface area contributed by atoms with E-state index in [-0.39, 0.29) is 17.9 Å². The number of halogens is 1. The van der Waals surface area contributed by atoms with Gasteiger partial charge in [-0.15, -0.1) is 0 Å². The molecule has 2 aliphatic rings. The minimum atomic E-state index is -0.413. The first-order valence-electron chi connectivity index (χ1n) is 12.5. The first kappa shape index (κ1) is 26.3. The molecule has 4 rings (SSSR count). The zero-order valence-electron chi connectivity index (χ0n) is 20.7. The van der Waals surface area contributed by atoms with Crippen LogP contribution in [0.5, 0.6) is 0 Å². The number of nitrogens with zero attached hydrogens (tertiary/aromatic N) is 2. The van der Waals surface area contributed by atoms with Gasteiger partial charge in [-0.25, -0.2) is 9.69 Å². The van der Waals surface area contributed by atoms with E-state index in [0.717, 1.165) is 43.4 Å². The molecule has 6 nitrogen and oxygen atoms in total. The zero-order valence-corrected chi connectivity index (χ0v) is 22.2. The largest absolute Gasteiger partial charge is 0.462 e. The third-order valence-corrected chi connectivity index (χ3v) is 7.95. The Morgan fingerprint density at radius 1 is 1.03 bits per heavy atom. The Balaban J connectivity index is 1.61. The molecule has 1 aliphatic carbocycles. The average molecular weight is 527 g/mol. The van der Waals surface area contributed by atoms with Gasteiger partial charge in [0.2, 0.25) is 0 Å². The normalized spacial score (nSPS) is 16.6. The van der Waals surface area contributed by atoms with Gasteiger partial charge >= 0.3 is 5.97 Å². The van der Waals surface area contributed by atoms with Crippen molar-refractivity contribution in [3.63, 3.8) is 0 Å². The Morgan fingerprint density at radius 3 is 2.33 bits per heavy atom. The topological polar surface area (TPSA) is 66.9 Å². The standard InChI is InChI=1S/C28H31ClN2O4S/c1-3-4-18-35-28(34)19-10-14-22(15-11-19)31-26(32)24(30(2)21-8-6-5-7-9-21)25(27(31)33)36-23-16-12-20(29)13-17-23/h10-17,21H,3-9,18H2,1-2H3. The monoisotopic (exact) mass is 526 g/mol. The lowest BCUT2D eigenvalue weighted by atomic mass is 9.94. The lowest BCUT2D eigenvalue weighted by Crippen LogP contribution is -2.38. The quantitative estimate of drug-likeness (QED) is 0.213. The van der Waals surface area contributed by atoms with Crippen LogP contribution in [0.25, 0.3) is 0 Å². The van der Waals surface area contributed by atoms with Crippen molar-refractivity contribution in [2.75, 3.05) is 18.6 Å². The molecule has 1 fully saturated rings. The minimum Gasteiger partial charge on any atom is -0.462 e. The van der Waals surface area contributed by atoms with Gasteiger partial charge in [-0.3, -0.25) is 9.59 Å². The van der Waals surface area contributed by atoms with Crippen LogP contribution in [-0.2, 0) is 14.3 Å². The van der Waals surface area contributed by atoms with Crippen LogP contribution in [0.3, 0.4) is 0 Å². The smallest absolute Gasteiger partial charge is 0.338 e. The number of hydrogen-bond acceptors (Lipinski definition) is 6. The van der Waals surface area contributed by atoms with Crippen LogP contribution >= 0.6 is 23.4 Å². The fourth-order valence-electron chi connectivity index (χ4n) is 4.55. The number of amides is 2. The fraction of sp³-hybridized carbons (Fsp3) is 0.393. The molecular weight excluding hydrogens is 496 g/mol. The number of imide groups is 1. The second kappa shape index (κ2) is 12.0. The summed E-state index contributed by atoms with van der Waals surface area (Å²) in [6, 6.07) is 13.9. The van der Waals surface area contributed by atoms with E-state index in [1.807, 2.05) is 31.0 Å². The Hall–Kier alpha value is -2.77. The number of rotatable bonds is 9. The van der Waals surface area contributed by atoms with Crippen molar-refractivity contribution in [1.29, 1.82) is 0 Å². The SMILES string of the molecule is CCCCOC(=O)c1ccc(N2C(=O)C(Sc3ccc(Cl)cc3)=C(N(C)C3CCCCC3)C2=O)cc1. The molecule has 0 bridgehead atoms. The van der Waals surface area contributed by atoms with Crippen molar-refractivity contribution in [2.45, 2.75) is 62.8 Å². The minimum absolute atomic E-state index is 0.214. The van der Waals surface area contributed by atoms with E-state index >= 15 is 0 Å². The summed E-state index contributed by atoms with van der Waals surface area (Å²) in [5, 5.41) is 0.608. The van der Waals surface area contributed by atoms with Crippen molar-refractivity contribution in [1.82, 2.24) is 4.90 Å². The summed E-state index contributed by atoms with van der Waals surface area (Å²) in [7, 11) is 1.91. The highest BCUT2D eigenvalue weighted by atomic mass is 35.5. The molecule has 2 amide bonds. The molecule has 0 N–H and O–H groups in total. The van der Waals surface area contributed by atoms with Gasteiger partial charge in [-0.1, -0.05) is 56.0 Å². The summed E-state index contributed by atoms with van der Waals surface area (Å²) in [6.45, 7) is 2.40. The maximum Gasteiger partial charge on any atom is 0.338 e. The van der Waals surface area contributed by atoms with Crippen molar-refractivity contribution < 1.29 is 19.1 Å². The molecule has 2 aromatic rings. The van der Waals surface area contributed by atoms with Crippen molar-refractivity contribution in [3.8, 4) is 0 Å². The van der Waals surface area contributed by atoms with Gasteiger partial charge in [0.1, 0.15) is 10.6 Å². The van der Waals surface area contributed by atoms with Crippen LogP contribution in [-0.4, -0.2) is 42.4 Å². The summed E-state index contributed by atoms with van der Waals surface area (Å²) in [6.07, 6.45) is 7.16. The zero-order chi connectivity index (χ0) is 25.7. The summed E-state index contributed by atoms with van der Waals surface area (Å²) in [5.74, 6) is -1.12. The highest BCUT2D eigenvalue weighted by Gasteiger charge is 2.43. The molecule has 0 atom stereocenters.